The number of hydrogen-bond donors (Lipinski definition) is 1. The number of rotatable bonds is 4. The minimum atomic E-state index is -0.288. The van der Waals surface area contributed by atoms with E-state index >= 15 is 0 Å². The van der Waals surface area contributed by atoms with Gasteiger partial charge >= 0.3 is 6.09 Å². The van der Waals surface area contributed by atoms with Crippen LogP contribution >= 0.6 is 11.6 Å². The lowest BCUT2D eigenvalue weighted by Gasteiger charge is -2.36. The van der Waals surface area contributed by atoms with Gasteiger partial charge in [-0.3, -0.25) is 9.69 Å². The summed E-state index contributed by atoms with van der Waals surface area (Å²) in [5.74, 6) is -0.0787. The van der Waals surface area contributed by atoms with Crippen LogP contribution in [0.1, 0.15) is 19.4 Å². The van der Waals surface area contributed by atoms with Gasteiger partial charge in [-0.15, -0.1) is 0 Å². The lowest BCUT2D eigenvalue weighted by Crippen LogP contribution is -2.54. The quantitative estimate of drug-likeness (QED) is 0.904. The maximum absolute atomic E-state index is 12.5. The lowest BCUT2D eigenvalue weighted by atomic mass is 10.1. The molecule has 0 unspecified atom stereocenters. The zero-order valence-electron chi connectivity index (χ0n) is 14.3. The van der Waals surface area contributed by atoms with E-state index in [-0.39, 0.29) is 18.0 Å². The third kappa shape index (κ3) is 4.39. The Kier molecular flexibility index (Phi) is 6.45. The number of carbonyl (C=O) groups is 2. The molecule has 0 aliphatic carbocycles. The molecule has 2 amide bonds. The van der Waals surface area contributed by atoms with Crippen molar-refractivity contribution in [1.29, 1.82) is 0 Å². The summed E-state index contributed by atoms with van der Waals surface area (Å²) in [6.07, 6.45) is -0.288. The molecule has 0 spiro atoms. The summed E-state index contributed by atoms with van der Waals surface area (Å²) in [7, 11) is 0. The number of nitrogens with zero attached hydrogens (tertiary/aromatic N) is 2. The molecule has 0 saturated carbocycles. The molecule has 0 bridgehead atoms. The van der Waals surface area contributed by atoms with Gasteiger partial charge in [-0.2, -0.15) is 0 Å². The van der Waals surface area contributed by atoms with Crippen molar-refractivity contribution in [3.05, 3.63) is 28.8 Å². The zero-order chi connectivity index (χ0) is 17.7. The number of amides is 2. The summed E-state index contributed by atoms with van der Waals surface area (Å²) in [5.41, 5.74) is 1.58. The van der Waals surface area contributed by atoms with Crippen molar-refractivity contribution in [1.82, 2.24) is 9.80 Å². The number of benzene rings is 1. The van der Waals surface area contributed by atoms with Crippen LogP contribution in [0, 0.1) is 6.92 Å². The second kappa shape index (κ2) is 8.35. The molecule has 1 saturated heterocycles. The van der Waals surface area contributed by atoms with Crippen LogP contribution in [-0.2, 0) is 9.53 Å². The van der Waals surface area contributed by atoms with Crippen molar-refractivity contribution in [2.75, 3.05) is 38.1 Å². The van der Waals surface area contributed by atoms with E-state index in [2.05, 4.69) is 10.2 Å². The molecule has 132 valence electrons. The van der Waals surface area contributed by atoms with Gasteiger partial charge in [-0.05, 0) is 38.5 Å². The Morgan fingerprint density at radius 1 is 1.29 bits per heavy atom. The molecule has 24 heavy (non-hydrogen) atoms. The van der Waals surface area contributed by atoms with Gasteiger partial charge in [0.1, 0.15) is 0 Å². The molecule has 0 radical (unpaired) electrons. The number of hydrogen-bond acceptors (Lipinski definition) is 4. The second-order valence-electron chi connectivity index (χ2n) is 5.80. The monoisotopic (exact) mass is 353 g/mol. The van der Waals surface area contributed by atoms with E-state index in [1.165, 1.54) is 0 Å². The smallest absolute Gasteiger partial charge is 0.409 e. The van der Waals surface area contributed by atoms with Crippen LogP contribution in [0.4, 0.5) is 10.5 Å². The number of piperazine rings is 1. The molecule has 1 N–H and O–H groups in total. The van der Waals surface area contributed by atoms with Crippen molar-refractivity contribution < 1.29 is 14.3 Å². The van der Waals surface area contributed by atoms with Crippen molar-refractivity contribution >= 4 is 29.3 Å². The molecule has 1 aliphatic heterocycles. The van der Waals surface area contributed by atoms with Crippen LogP contribution in [0.25, 0.3) is 0 Å². The lowest BCUT2D eigenvalue weighted by molar-refractivity contribution is -0.121. The van der Waals surface area contributed by atoms with Crippen LogP contribution in [0.5, 0.6) is 0 Å². The fourth-order valence-electron chi connectivity index (χ4n) is 2.65. The average Bonchev–Trinajstić information content (AvgIpc) is 2.58. The zero-order valence-corrected chi connectivity index (χ0v) is 15.1. The maximum Gasteiger partial charge on any atom is 0.409 e. The van der Waals surface area contributed by atoms with Crippen LogP contribution in [0.15, 0.2) is 18.2 Å². The summed E-state index contributed by atoms with van der Waals surface area (Å²) in [4.78, 5) is 27.9. The van der Waals surface area contributed by atoms with Gasteiger partial charge in [0.05, 0.1) is 12.6 Å². The highest BCUT2D eigenvalue weighted by molar-refractivity contribution is 6.31. The topological polar surface area (TPSA) is 61.9 Å². The van der Waals surface area contributed by atoms with Crippen molar-refractivity contribution in [3.63, 3.8) is 0 Å². The van der Waals surface area contributed by atoms with Gasteiger partial charge in [-0.25, -0.2) is 4.79 Å². The summed E-state index contributed by atoms with van der Waals surface area (Å²) >= 11 is 6.09. The molecule has 1 aliphatic rings. The Morgan fingerprint density at radius 2 is 1.96 bits per heavy atom. The number of ether oxygens (including phenoxy) is 1. The summed E-state index contributed by atoms with van der Waals surface area (Å²) in [6.45, 7) is 8.31. The Labute approximate surface area is 147 Å². The van der Waals surface area contributed by atoms with Crippen LogP contribution in [0.2, 0.25) is 5.02 Å². The van der Waals surface area contributed by atoms with Gasteiger partial charge in [0.2, 0.25) is 5.91 Å². The van der Waals surface area contributed by atoms with Crippen LogP contribution in [-0.4, -0.2) is 60.6 Å². The van der Waals surface area contributed by atoms with E-state index in [0.29, 0.717) is 37.8 Å². The number of carbonyl (C=O) groups excluding carboxylic acids is 2. The van der Waals surface area contributed by atoms with E-state index in [0.717, 1.165) is 11.3 Å². The standard InChI is InChI=1S/C17H24ClN3O3/c1-4-24-17(23)21-10-8-20(9-11-21)13(3)16(22)19-15-7-5-6-14(18)12(15)2/h5-7,13H,4,8-11H2,1-3H3,(H,19,22)/t13-/m0/s1. The summed E-state index contributed by atoms with van der Waals surface area (Å²) in [6, 6.07) is 5.16. The largest absolute Gasteiger partial charge is 0.450 e. The molecular formula is C17H24ClN3O3. The first-order chi connectivity index (χ1) is 11.4. The highest BCUT2D eigenvalue weighted by Crippen LogP contribution is 2.23. The Hall–Kier alpha value is -1.79. The molecule has 2 rings (SSSR count). The third-order valence-electron chi connectivity index (χ3n) is 4.29. The first-order valence-corrected chi connectivity index (χ1v) is 8.53. The Bertz CT molecular complexity index is 601. The van der Waals surface area contributed by atoms with Gasteiger partial charge in [-0.1, -0.05) is 17.7 Å². The molecular weight excluding hydrogens is 330 g/mol. The number of anilines is 1. The van der Waals surface area contributed by atoms with Crippen molar-refractivity contribution in [3.8, 4) is 0 Å². The van der Waals surface area contributed by atoms with Crippen LogP contribution < -0.4 is 5.32 Å². The second-order valence-corrected chi connectivity index (χ2v) is 6.21. The molecule has 6 nitrogen and oxygen atoms in total. The molecule has 1 atom stereocenters. The highest BCUT2D eigenvalue weighted by Gasteiger charge is 2.28. The van der Waals surface area contributed by atoms with Gasteiger partial charge in [0.25, 0.3) is 0 Å². The first-order valence-electron chi connectivity index (χ1n) is 8.15. The molecule has 0 aromatic heterocycles. The fourth-order valence-corrected chi connectivity index (χ4v) is 2.83. The van der Waals surface area contributed by atoms with E-state index in [4.69, 9.17) is 16.3 Å². The minimum absolute atomic E-state index is 0.0787. The predicted octanol–water partition coefficient (Wildman–Crippen LogP) is 2.75. The number of nitrogens with one attached hydrogen (secondary N) is 1. The first kappa shape index (κ1) is 18.5. The summed E-state index contributed by atoms with van der Waals surface area (Å²) in [5, 5.41) is 3.56. The van der Waals surface area contributed by atoms with Crippen molar-refractivity contribution in [2.24, 2.45) is 0 Å². The average molecular weight is 354 g/mol. The molecule has 1 aromatic carbocycles. The van der Waals surface area contributed by atoms with E-state index in [1.54, 1.807) is 17.9 Å². The molecule has 1 aromatic rings. The maximum atomic E-state index is 12.5. The fraction of sp³-hybridized carbons (Fsp3) is 0.529. The van der Waals surface area contributed by atoms with E-state index in [1.807, 2.05) is 26.0 Å². The summed E-state index contributed by atoms with van der Waals surface area (Å²) < 4.78 is 5.00. The van der Waals surface area contributed by atoms with Crippen LogP contribution in [0.3, 0.4) is 0 Å². The Balaban J connectivity index is 1.90. The highest BCUT2D eigenvalue weighted by atomic mass is 35.5. The molecule has 7 heteroatoms. The molecule has 1 heterocycles. The van der Waals surface area contributed by atoms with E-state index in [9.17, 15) is 9.59 Å². The third-order valence-corrected chi connectivity index (χ3v) is 4.70. The van der Waals surface area contributed by atoms with Gasteiger partial charge in [0.15, 0.2) is 0 Å². The van der Waals surface area contributed by atoms with Gasteiger partial charge in [0, 0.05) is 36.9 Å². The molecule has 1 fully saturated rings. The number of halogens is 1. The SMILES string of the molecule is CCOC(=O)N1CCN([C@@H](C)C(=O)Nc2cccc(Cl)c2C)CC1. The van der Waals surface area contributed by atoms with E-state index < -0.39 is 0 Å². The normalized spacial score (nSPS) is 16.6. The minimum Gasteiger partial charge on any atom is -0.450 e. The van der Waals surface area contributed by atoms with Gasteiger partial charge < -0.3 is 15.0 Å². The predicted molar refractivity (Wildman–Crippen MR) is 94.4 cm³/mol. The Morgan fingerprint density at radius 3 is 2.58 bits per heavy atom. The van der Waals surface area contributed by atoms with Crippen molar-refractivity contribution in [2.45, 2.75) is 26.8 Å².